The van der Waals surface area contributed by atoms with E-state index < -0.39 is 45.6 Å². The summed E-state index contributed by atoms with van der Waals surface area (Å²) in [4.78, 5) is 23.2. The van der Waals surface area contributed by atoms with Crippen LogP contribution in [-0.4, -0.2) is 16.5 Å². The molecular formula is C24H12BrF5IN3O4. The van der Waals surface area contributed by atoms with E-state index in [4.69, 9.17) is 4.74 Å². The van der Waals surface area contributed by atoms with E-state index in [0.29, 0.717) is 24.9 Å². The molecule has 38 heavy (non-hydrogen) atoms. The number of hydrogen-bond donors (Lipinski definition) is 0. The summed E-state index contributed by atoms with van der Waals surface area (Å²) in [5, 5.41) is 14.6. The maximum absolute atomic E-state index is 14.3. The number of hydrazone groups is 1. The van der Waals surface area contributed by atoms with Gasteiger partial charge in [-0.3, -0.25) is 14.9 Å². The van der Waals surface area contributed by atoms with E-state index in [1.165, 1.54) is 25.1 Å². The largest absolute Gasteiger partial charge is 0.487 e. The zero-order valence-electron chi connectivity index (χ0n) is 18.9. The van der Waals surface area contributed by atoms with Crippen LogP contribution < -0.4 is 9.75 Å². The number of nitrogens with zero attached hydrogens (tertiary/aromatic N) is 3. The number of carbonyl (C=O) groups excluding carboxylic acids is 1. The number of ether oxygens (including phenoxy) is 1. The number of halogens is 7. The first-order valence-corrected chi connectivity index (χ1v) is 12.3. The second-order valence-corrected chi connectivity index (χ2v) is 9.82. The molecule has 196 valence electrons. The lowest BCUT2D eigenvalue weighted by Gasteiger charge is -2.15. The molecule has 1 amide bonds. The van der Waals surface area contributed by atoms with Gasteiger partial charge in [-0.25, -0.2) is 22.0 Å². The van der Waals surface area contributed by atoms with E-state index in [9.17, 15) is 36.9 Å². The Balaban J connectivity index is 1.59. The van der Waals surface area contributed by atoms with Crippen LogP contribution in [-0.2, 0) is 11.4 Å². The highest BCUT2D eigenvalue weighted by atomic mass is 127. The number of anilines is 1. The number of rotatable bonds is 6. The second kappa shape index (κ2) is 10.8. The van der Waals surface area contributed by atoms with Crippen molar-refractivity contribution in [3.63, 3.8) is 0 Å². The molecule has 3 aromatic rings. The highest BCUT2D eigenvalue weighted by Crippen LogP contribution is 2.36. The Kier molecular flexibility index (Phi) is 7.83. The van der Waals surface area contributed by atoms with Gasteiger partial charge in [0.15, 0.2) is 23.3 Å². The Morgan fingerprint density at radius 2 is 1.63 bits per heavy atom. The predicted octanol–water partition coefficient (Wildman–Crippen LogP) is 7.04. The third-order valence-corrected chi connectivity index (χ3v) is 6.71. The lowest BCUT2D eigenvalue weighted by Crippen LogP contribution is -2.25. The van der Waals surface area contributed by atoms with Crippen LogP contribution in [0.2, 0.25) is 0 Å². The highest BCUT2D eigenvalue weighted by Gasteiger charge is 2.37. The topological polar surface area (TPSA) is 85.0 Å². The van der Waals surface area contributed by atoms with E-state index in [1.54, 1.807) is 24.3 Å². The number of benzene rings is 3. The van der Waals surface area contributed by atoms with E-state index in [1.807, 2.05) is 22.6 Å². The van der Waals surface area contributed by atoms with Gasteiger partial charge in [-0.15, -0.1) is 0 Å². The molecule has 0 aromatic heterocycles. The fourth-order valence-corrected chi connectivity index (χ4v) is 5.22. The molecule has 0 atom stereocenters. The molecule has 1 aliphatic rings. The highest BCUT2D eigenvalue weighted by molar-refractivity contribution is 14.1. The molecule has 14 heteroatoms. The molecule has 1 heterocycles. The average Bonchev–Trinajstić information content (AvgIpc) is 3.14. The monoisotopic (exact) mass is 707 g/mol. The van der Waals surface area contributed by atoms with Crippen molar-refractivity contribution in [1.29, 1.82) is 0 Å². The minimum atomic E-state index is -2.35. The molecule has 0 fully saturated rings. The van der Waals surface area contributed by atoms with Crippen molar-refractivity contribution in [1.82, 2.24) is 0 Å². The Hall–Kier alpha value is -3.40. The quantitative estimate of drug-likeness (QED) is 0.0524. The van der Waals surface area contributed by atoms with Crippen LogP contribution in [0.5, 0.6) is 5.75 Å². The van der Waals surface area contributed by atoms with E-state index in [-0.39, 0.29) is 28.6 Å². The first-order valence-electron chi connectivity index (χ1n) is 10.4. The molecule has 0 saturated heterocycles. The summed E-state index contributed by atoms with van der Waals surface area (Å²) in [5.41, 5.74) is -0.539. The maximum Gasteiger partial charge on any atom is 0.280 e. The molecule has 1 aliphatic heterocycles. The molecule has 0 saturated carbocycles. The normalized spacial score (nSPS) is 14.3. The van der Waals surface area contributed by atoms with Crippen molar-refractivity contribution in [3.8, 4) is 5.75 Å². The van der Waals surface area contributed by atoms with Crippen LogP contribution in [0.1, 0.15) is 18.1 Å². The molecule has 4 rings (SSSR count). The number of nitro groups is 1. The van der Waals surface area contributed by atoms with E-state index in [2.05, 4.69) is 21.0 Å². The van der Waals surface area contributed by atoms with Gasteiger partial charge in [0.2, 0.25) is 5.82 Å². The fraction of sp³-hybridized carbons (Fsp3) is 0.0833. The maximum atomic E-state index is 14.3. The molecule has 3 aromatic carbocycles. The Labute approximate surface area is 233 Å². The molecule has 0 bridgehead atoms. The SMILES string of the molecule is CC1=NN(c2c(F)c(F)c(F)c(F)c2F)C(=O)/C1=C/c1cc(Br)c(OCc2ccc([N+](=O)[O-])cc2)c(I)c1. The number of hydrogen-bond acceptors (Lipinski definition) is 5. The van der Waals surface area contributed by atoms with Crippen LogP contribution in [0.3, 0.4) is 0 Å². The average molecular weight is 708 g/mol. The van der Waals surface area contributed by atoms with Gasteiger partial charge >= 0.3 is 0 Å². The van der Waals surface area contributed by atoms with Crippen molar-refractivity contribution in [2.24, 2.45) is 5.10 Å². The number of amides is 1. The summed E-state index contributed by atoms with van der Waals surface area (Å²) in [5.74, 6) is -11.7. The van der Waals surface area contributed by atoms with Gasteiger partial charge in [0.05, 0.1) is 24.3 Å². The van der Waals surface area contributed by atoms with Crippen LogP contribution in [0.15, 0.2) is 51.5 Å². The standard InChI is InChI=1S/C24H12BrF5IN3O4/c1-10-14(24(35)33(32-10)22-20(29)18(27)17(26)19(28)21(22)30)6-12-7-15(25)23(16(31)8-12)38-9-11-2-4-13(5-3-11)34(36)37/h2-8H,9H2,1H3/b14-6+. The number of carbonyl (C=O) groups is 1. The van der Waals surface area contributed by atoms with Gasteiger partial charge in [-0.2, -0.15) is 10.1 Å². The Morgan fingerprint density at radius 3 is 2.18 bits per heavy atom. The molecule has 0 N–H and O–H groups in total. The molecule has 0 aliphatic carbocycles. The van der Waals surface area contributed by atoms with Crippen LogP contribution in [0, 0.1) is 42.8 Å². The van der Waals surface area contributed by atoms with Crippen LogP contribution in [0.4, 0.5) is 33.3 Å². The summed E-state index contributed by atoms with van der Waals surface area (Å²) in [6, 6.07) is 9.04. The van der Waals surface area contributed by atoms with Crippen molar-refractivity contribution in [2.45, 2.75) is 13.5 Å². The summed E-state index contributed by atoms with van der Waals surface area (Å²) in [6.45, 7) is 1.45. The van der Waals surface area contributed by atoms with Gasteiger partial charge in [-0.05, 0) is 86.9 Å². The van der Waals surface area contributed by atoms with Crippen molar-refractivity contribution in [2.75, 3.05) is 5.01 Å². The van der Waals surface area contributed by atoms with E-state index >= 15 is 0 Å². The first kappa shape index (κ1) is 27.6. The molecule has 0 radical (unpaired) electrons. The van der Waals surface area contributed by atoms with Crippen LogP contribution in [0.25, 0.3) is 6.08 Å². The lowest BCUT2D eigenvalue weighted by molar-refractivity contribution is -0.384. The number of non-ortho nitro benzene ring substituents is 1. The minimum absolute atomic E-state index is 0.0106. The van der Waals surface area contributed by atoms with Crippen LogP contribution >= 0.6 is 38.5 Å². The van der Waals surface area contributed by atoms with Crippen molar-refractivity contribution >= 4 is 67.6 Å². The fourth-order valence-electron chi connectivity index (χ4n) is 3.45. The van der Waals surface area contributed by atoms with Gasteiger partial charge in [0.25, 0.3) is 11.6 Å². The third-order valence-electron chi connectivity index (χ3n) is 5.32. The minimum Gasteiger partial charge on any atom is -0.487 e. The van der Waals surface area contributed by atoms with Gasteiger partial charge < -0.3 is 4.74 Å². The second-order valence-electron chi connectivity index (χ2n) is 7.80. The van der Waals surface area contributed by atoms with Gasteiger partial charge in [0.1, 0.15) is 18.0 Å². The third kappa shape index (κ3) is 5.14. The molecule has 0 spiro atoms. The number of nitro benzene ring substituents is 1. The molecule has 7 nitrogen and oxygen atoms in total. The van der Waals surface area contributed by atoms with Crippen molar-refractivity contribution < 1.29 is 36.4 Å². The summed E-state index contributed by atoms with van der Waals surface area (Å²) in [7, 11) is 0. The predicted molar refractivity (Wildman–Crippen MR) is 139 cm³/mol. The molecule has 0 unspecified atom stereocenters. The zero-order chi connectivity index (χ0) is 27.9. The smallest absolute Gasteiger partial charge is 0.280 e. The van der Waals surface area contributed by atoms with E-state index in [0.717, 1.165) is 0 Å². The Morgan fingerprint density at radius 1 is 1.05 bits per heavy atom. The van der Waals surface area contributed by atoms with Crippen molar-refractivity contribution in [3.05, 3.63) is 100 Å². The first-order chi connectivity index (χ1) is 17.9. The summed E-state index contributed by atoms with van der Waals surface area (Å²) < 4.78 is 76.2. The van der Waals surface area contributed by atoms with Gasteiger partial charge in [-0.1, -0.05) is 0 Å². The Bertz CT molecular complexity index is 1510. The summed E-state index contributed by atoms with van der Waals surface area (Å²) in [6.07, 6.45) is 1.35. The van der Waals surface area contributed by atoms with Gasteiger partial charge in [0, 0.05) is 12.1 Å². The summed E-state index contributed by atoms with van der Waals surface area (Å²) >= 11 is 5.36. The lowest BCUT2D eigenvalue weighted by atomic mass is 10.1. The molecular weight excluding hydrogens is 696 g/mol. The zero-order valence-corrected chi connectivity index (χ0v) is 22.6.